The minimum Gasteiger partial charge on any atom is -0.445 e. The Labute approximate surface area is 213 Å². The fourth-order valence-electron chi connectivity index (χ4n) is 3.63. The highest BCUT2D eigenvalue weighted by molar-refractivity contribution is 6.74. The summed E-state index contributed by atoms with van der Waals surface area (Å²) in [7, 11) is -1.90. The fraction of sp³-hybridized carbons (Fsp3) is 0.704. The highest BCUT2D eigenvalue weighted by atomic mass is 28.4. The Morgan fingerprint density at radius 1 is 1.03 bits per heavy atom. The Morgan fingerprint density at radius 2 is 1.63 bits per heavy atom. The van der Waals surface area contributed by atoms with E-state index in [1.165, 1.54) is 0 Å². The molecule has 1 saturated heterocycles. The molecule has 1 aliphatic heterocycles. The first-order chi connectivity index (χ1) is 16.2. The molecule has 0 bridgehead atoms. The van der Waals surface area contributed by atoms with Gasteiger partial charge in [0.1, 0.15) is 12.2 Å². The van der Waals surface area contributed by atoms with Crippen LogP contribution < -0.4 is 0 Å². The van der Waals surface area contributed by atoms with E-state index >= 15 is 0 Å². The van der Waals surface area contributed by atoms with E-state index in [-0.39, 0.29) is 23.8 Å². The molecule has 1 fully saturated rings. The summed E-state index contributed by atoms with van der Waals surface area (Å²) >= 11 is 0. The Hall–Kier alpha value is -2.06. The first kappa shape index (κ1) is 29.2. The molecule has 8 heteroatoms. The minimum absolute atomic E-state index is 0.117. The summed E-state index contributed by atoms with van der Waals surface area (Å²) in [6.45, 7) is 19.9. The van der Waals surface area contributed by atoms with E-state index < -0.39 is 13.9 Å². The van der Waals surface area contributed by atoms with E-state index in [0.717, 1.165) is 18.4 Å². The molecular weight excluding hydrogens is 460 g/mol. The quantitative estimate of drug-likeness (QED) is 0.387. The number of hydrogen-bond acceptors (Lipinski definition) is 5. The van der Waals surface area contributed by atoms with E-state index in [4.69, 9.17) is 13.9 Å². The fourth-order valence-corrected chi connectivity index (χ4v) is 4.67. The molecule has 0 aliphatic carbocycles. The molecule has 1 aliphatic rings. The van der Waals surface area contributed by atoms with Crippen LogP contribution in [0.1, 0.15) is 59.9 Å². The lowest BCUT2D eigenvalue weighted by atomic mass is 9.96. The van der Waals surface area contributed by atoms with Crippen LogP contribution in [0, 0.1) is 5.92 Å². The molecule has 0 spiro atoms. The standard InChI is InChI=1S/C27H46N2O5Si/c1-26(2,3)34-25(31)29(18-19-33-35(7,8)27(4,5)6)20-22-14-16-28(17-15-22)24(30)32-21-23-12-10-9-11-13-23/h9-13,22H,14-21H2,1-8H3. The number of carbonyl (C=O) groups is 2. The van der Waals surface area contributed by atoms with Gasteiger partial charge in [0.25, 0.3) is 0 Å². The van der Waals surface area contributed by atoms with Crippen molar-refractivity contribution in [3.63, 3.8) is 0 Å². The molecule has 198 valence electrons. The molecule has 0 atom stereocenters. The van der Waals surface area contributed by atoms with Crippen LogP contribution in [0.4, 0.5) is 9.59 Å². The van der Waals surface area contributed by atoms with Gasteiger partial charge < -0.3 is 23.7 Å². The lowest BCUT2D eigenvalue weighted by molar-refractivity contribution is 0.0158. The molecular formula is C27H46N2O5Si. The molecule has 1 heterocycles. The molecule has 2 rings (SSSR count). The van der Waals surface area contributed by atoms with Crippen LogP contribution in [0.5, 0.6) is 0 Å². The number of piperidine rings is 1. The Bertz CT molecular complexity index is 809. The van der Waals surface area contributed by atoms with Gasteiger partial charge in [-0.15, -0.1) is 0 Å². The highest BCUT2D eigenvalue weighted by Crippen LogP contribution is 2.36. The zero-order chi connectivity index (χ0) is 26.3. The summed E-state index contributed by atoms with van der Waals surface area (Å²) in [5, 5.41) is 0.117. The normalized spacial score (nSPS) is 15.6. The van der Waals surface area contributed by atoms with Crippen LogP contribution in [0.3, 0.4) is 0 Å². The van der Waals surface area contributed by atoms with E-state index in [1.807, 2.05) is 51.1 Å². The third kappa shape index (κ3) is 9.84. The molecule has 0 aromatic heterocycles. The van der Waals surface area contributed by atoms with E-state index in [1.54, 1.807) is 9.80 Å². The topological polar surface area (TPSA) is 68.3 Å². The van der Waals surface area contributed by atoms with Crippen molar-refractivity contribution in [3.8, 4) is 0 Å². The Morgan fingerprint density at radius 3 is 2.17 bits per heavy atom. The summed E-state index contributed by atoms with van der Waals surface area (Å²) in [5.41, 5.74) is 0.422. The van der Waals surface area contributed by atoms with Crippen molar-refractivity contribution in [3.05, 3.63) is 35.9 Å². The number of amides is 2. The van der Waals surface area contributed by atoms with Gasteiger partial charge in [0.15, 0.2) is 8.32 Å². The van der Waals surface area contributed by atoms with Gasteiger partial charge in [-0.25, -0.2) is 9.59 Å². The van der Waals surface area contributed by atoms with Gasteiger partial charge in [0.2, 0.25) is 0 Å². The maximum atomic E-state index is 13.0. The highest BCUT2D eigenvalue weighted by Gasteiger charge is 2.37. The summed E-state index contributed by atoms with van der Waals surface area (Å²) in [5.74, 6) is 0.300. The number of rotatable bonds is 8. The first-order valence-electron chi connectivity index (χ1n) is 12.8. The molecule has 35 heavy (non-hydrogen) atoms. The second-order valence-corrected chi connectivity index (χ2v) is 16.8. The number of benzene rings is 1. The number of nitrogens with zero attached hydrogens (tertiary/aromatic N) is 2. The monoisotopic (exact) mass is 506 g/mol. The second-order valence-electron chi connectivity index (χ2n) is 12.0. The van der Waals surface area contributed by atoms with Crippen LogP contribution >= 0.6 is 0 Å². The summed E-state index contributed by atoms with van der Waals surface area (Å²) in [6.07, 6.45) is 1.06. The van der Waals surface area contributed by atoms with Crippen molar-refractivity contribution < 1.29 is 23.5 Å². The average Bonchev–Trinajstić information content (AvgIpc) is 2.76. The van der Waals surface area contributed by atoms with Crippen LogP contribution in [0.25, 0.3) is 0 Å². The van der Waals surface area contributed by atoms with Crippen LogP contribution in [0.2, 0.25) is 18.1 Å². The number of likely N-dealkylation sites (tertiary alicyclic amines) is 1. The molecule has 0 N–H and O–H groups in total. The lowest BCUT2D eigenvalue weighted by Crippen LogP contribution is -2.47. The van der Waals surface area contributed by atoms with Crippen molar-refractivity contribution in [2.24, 2.45) is 5.92 Å². The molecule has 1 aromatic carbocycles. The lowest BCUT2D eigenvalue weighted by Gasteiger charge is -2.38. The van der Waals surface area contributed by atoms with Crippen molar-refractivity contribution in [2.45, 2.75) is 84.7 Å². The second kappa shape index (κ2) is 12.3. The predicted molar refractivity (Wildman–Crippen MR) is 142 cm³/mol. The zero-order valence-corrected chi connectivity index (χ0v) is 24.1. The van der Waals surface area contributed by atoms with Gasteiger partial charge in [-0.3, -0.25) is 0 Å². The van der Waals surface area contributed by atoms with Gasteiger partial charge in [-0.2, -0.15) is 0 Å². The maximum Gasteiger partial charge on any atom is 0.410 e. The molecule has 0 saturated carbocycles. The van der Waals surface area contributed by atoms with Gasteiger partial charge in [-0.05, 0) is 63.2 Å². The molecule has 0 unspecified atom stereocenters. The maximum absolute atomic E-state index is 13.0. The van der Waals surface area contributed by atoms with Gasteiger partial charge in [-0.1, -0.05) is 51.1 Å². The number of hydrogen-bond donors (Lipinski definition) is 0. The first-order valence-corrected chi connectivity index (χ1v) is 15.7. The van der Waals surface area contributed by atoms with Crippen molar-refractivity contribution in [2.75, 3.05) is 32.8 Å². The molecule has 1 aromatic rings. The smallest absolute Gasteiger partial charge is 0.410 e. The molecule has 7 nitrogen and oxygen atoms in total. The molecule has 2 amide bonds. The SMILES string of the molecule is CC(C)(C)OC(=O)N(CCO[Si](C)(C)C(C)(C)C)CC1CCN(C(=O)OCc2ccccc2)CC1. The summed E-state index contributed by atoms with van der Waals surface area (Å²) in [4.78, 5) is 29.0. The van der Waals surface area contributed by atoms with Gasteiger partial charge in [0, 0.05) is 26.2 Å². The Kier molecular flexibility index (Phi) is 10.2. The Balaban J connectivity index is 1.88. The van der Waals surface area contributed by atoms with E-state index in [2.05, 4.69) is 33.9 Å². The van der Waals surface area contributed by atoms with Crippen LogP contribution in [-0.4, -0.2) is 68.7 Å². The summed E-state index contributed by atoms with van der Waals surface area (Å²) < 4.78 is 17.5. The van der Waals surface area contributed by atoms with Crippen molar-refractivity contribution >= 4 is 20.5 Å². The van der Waals surface area contributed by atoms with Crippen molar-refractivity contribution in [1.29, 1.82) is 0 Å². The van der Waals surface area contributed by atoms with E-state index in [0.29, 0.717) is 38.7 Å². The van der Waals surface area contributed by atoms with E-state index in [9.17, 15) is 9.59 Å². The minimum atomic E-state index is -1.90. The third-order valence-electron chi connectivity index (χ3n) is 6.84. The van der Waals surface area contributed by atoms with Crippen molar-refractivity contribution in [1.82, 2.24) is 9.80 Å². The number of ether oxygens (including phenoxy) is 2. The molecule has 0 radical (unpaired) electrons. The third-order valence-corrected chi connectivity index (χ3v) is 11.4. The van der Waals surface area contributed by atoms with Crippen LogP contribution in [0.15, 0.2) is 30.3 Å². The average molecular weight is 507 g/mol. The summed E-state index contributed by atoms with van der Waals surface area (Å²) in [6, 6.07) is 9.69. The van der Waals surface area contributed by atoms with Gasteiger partial charge >= 0.3 is 12.2 Å². The number of carbonyl (C=O) groups excluding carboxylic acids is 2. The zero-order valence-electron chi connectivity index (χ0n) is 23.1. The largest absolute Gasteiger partial charge is 0.445 e. The predicted octanol–water partition coefficient (Wildman–Crippen LogP) is 6.29. The van der Waals surface area contributed by atoms with Crippen LogP contribution in [-0.2, 0) is 20.5 Å². The van der Waals surface area contributed by atoms with Gasteiger partial charge in [0.05, 0.1) is 6.61 Å².